The van der Waals surface area contributed by atoms with Gasteiger partial charge in [0, 0.05) is 23.7 Å². The lowest BCUT2D eigenvalue weighted by molar-refractivity contribution is -0.141. The smallest absolute Gasteiger partial charge is 0.256 e. The van der Waals surface area contributed by atoms with E-state index in [1.165, 1.54) is 0 Å². The molecule has 1 fully saturated rings. The normalized spacial score (nSPS) is 16.2. The number of rotatable bonds is 3. The molecule has 1 heterocycles. The zero-order chi connectivity index (χ0) is 16.2. The lowest BCUT2D eigenvalue weighted by Gasteiger charge is -2.28. The molecule has 23 heavy (non-hydrogen) atoms. The third-order valence-electron chi connectivity index (χ3n) is 4.31. The van der Waals surface area contributed by atoms with Crippen LogP contribution in [0.2, 0.25) is 5.02 Å². The van der Waals surface area contributed by atoms with E-state index in [2.05, 4.69) is 0 Å². The van der Waals surface area contributed by atoms with Crippen LogP contribution >= 0.6 is 11.6 Å². The molecule has 1 N–H and O–H groups in total. The maximum Gasteiger partial charge on any atom is 0.256 e. The zero-order valence-corrected chi connectivity index (χ0v) is 13.7. The molecule has 4 heteroatoms. The first kappa shape index (κ1) is 16.0. The topological polar surface area (TPSA) is 40.5 Å². The molecule has 1 saturated heterocycles. The van der Waals surface area contributed by atoms with Gasteiger partial charge in [-0.25, -0.2) is 0 Å². The SMILES string of the molecule is O=C(C(O)c1ccc(-c2ccccc2Cl)cc1)N1CCCCC1. The summed E-state index contributed by atoms with van der Waals surface area (Å²) < 4.78 is 0. The minimum atomic E-state index is -1.09. The predicted octanol–water partition coefficient (Wildman–Crippen LogP) is 4.05. The number of piperidine rings is 1. The largest absolute Gasteiger partial charge is 0.378 e. The fourth-order valence-electron chi connectivity index (χ4n) is 2.97. The van der Waals surface area contributed by atoms with Crippen molar-refractivity contribution in [3.63, 3.8) is 0 Å². The monoisotopic (exact) mass is 329 g/mol. The van der Waals surface area contributed by atoms with Crippen LogP contribution in [0, 0.1) is 0 Å². The Hall–Kier alpha value is -1.84. The third-order valence-corrected chi connectivity index (χ3v) is 4.64. The summed E-state index contributed by atoms with van der Waals surface area (Å²) in [7, 11) is 0. The van der Waals surface area contributed by atoms with Gasteiger partial charge < -0.3 is 10.0 Å². The van der Waals surface area contributed by atoms with Gasteiger partial charge in [0.1, 0.15) is 0 Å². The van der Waals surface area contributed by atoms with Crippen molar-refractivity contribution in [2.75, 3.05) is 13.1 Å². The number of benzene rings is 2. The Labute approximate surface area is 141 Å². The van der Waals surface area contributed by atoms with E-state index < -0.39 is 6.10 Å². The average Bonchev–Trinajstić information content (AvgIpc) is 2.62. The number of hydrogen-bond donors (Lipinski definition) is 1. The molecule has 0 spiro atoms. The maximum absolute atomic E-state index is 12.4. The molecule has 1 unspecified atom stereocenters. The van der Waals surface area contributed by atoms with Crippen molar-refractivity contribution in [2.24, 2.45) is 0 Å². The van der Waals surface area contributed by atoms with Crippen molar-refractivity contribution in [3.05, 3.63) is 59.1 Å². The predicted molar refractivity (Wildman–Crippen MR) is 92.3 cm³/mol. The summed E-state index contributed by atoms with van der Waals surface area (Å²) in [4.78, 5) is 14.1. The number of halogens is 1. The van der Waals surface area contributed by atoms with Gasteiger partial charge in [-0.3, -0.25) is 4.79 Å². The summed E-state index contributed by atoms with van der Waals surface area (Å²) in [5.74, 6) is -0.199. The van der Waals surface area contributed by atoms with Gasteiger partial charge in [0.15, 0.2) is 6.10 Å². The summed E-state index contributed by atoms with van der Waals surface area (Å²) in [6.07, 6.45) is 2.11. The number of amides is 1. The van der Waals surface area contributed by atoms with Crippen molar-refractivity contribution < 1.29 is 9.90 Å². The van der Waals surface area contributed by atoms with Crippen LogP contribution in [-0.4, -0.2) is 29.0 Å². The van der Waals surface area contributed by atoms with Gasteiger partial charge in [-0.05, 0) is 36.5 Å². The van der Waals surface area contributed by atoms with Crippen molar-refractivity contribution in [1.82, 2.24) is 4.90 Å². The summed E-state index contributed by atoms with van der Waals surface area (Å²) in [5.41, 5.74) is 2.53. The van der Waals surface area contributed by atoms with Gasteiger partial charge in [0.2, 0.25) is 0 Å². The highest BCUT2D eigenvalue weighted by atomic mass is 35.5. The van der Waals surface area contributed by atoms with Crippen molar-refractivity contribution in [3.8, 4) is 11.1 Å². The Morgan fingerprint density at radius 3 is 2.30 bits per heavy atom. The second kappa shape index (κ2) is 7.16. The highest BCUT2D eigenvalue weighted by Gasteiger charge is 2.24. The van der Waals surface area contributed by atoms with E-state index in [0.717, 1.165) is 43.5 Å². The second-order valence-corrected chi connectivity index (χ2v) is 6.30. The highest BCUT2D eigenvalue weighted by Crippen LogP contribution is 2.29. The fraction of sp³-hybridized carbons (Fsp3) is 0.316. The van der Waals surface area contributed by atoms with Crippen LogP contribution in [-0.2, 0) is 4.79 Å². The molecule has 3 nitrogen and oxygen atoms in total. The second-order valence-electron chi connectivity index (χ2n) is 5.89. The standard InChI is InChI=1S/C19H20ClNO2/c20-17-7-3-2-6-16(17)14-8-10-15(11-9-14)18(22)19(23)21-12-4-1-5-13-21/h2-3,6-11,18,22H,1,4-5,12-13H2. The molecule has 1 atom stereocenters. The molecule has 0 aliphatic carbocycles. The molecule has 0 bridgehead atoms. The maximum atomic E-state index is 12.4. The van der Waals surface area contributed by atoms with Crippen molar-refractivity contribution in [2.45, 2.75) is 25.4 Å². The average molecular weight is 330 g/mol. The highest BCUT2D eigenvalue weighted by molar-refractivity contribution is 6.33. The summed E-state index contributed by atoms with van der Waals surface area (Å²) in [6.45, 7) is 1.49. The van der Waals surface area contributed by atoms with Crippen molar-refractivity contribution >= 4 is 17.5 Å². The van der Waals surface area contributed by atoms with Gasteiger partial charge in [-0.15, -0.1) is 0 Å². The van der Waals surface area contributed by atoms with Gasteiger partial charge in [0.25, 0.3) is 5.91 Å². The van der Waals surface area contributed by atoms with E-state index in [1.807, 2.05) is 36.4 Å². The van der Waals surface area contributed by atoms with E-state index >= 15 is 0 Å². The first-order valence-corrected chi connectivity index (χ1v) is 8.36. The molecule has 0 saturated carbocycles. The lowest BCUT2D eigenvalue weighted by Crippen LogP contribution is -2.38. The van der Waals surface area contributed by atoms with Crippen LogP contribution in [0.1, 0.15) is 30.9 Å². The number of likely N-dealkylation sites (tertiary alicyclic amines) is 1. The van der Waals surface area contributed by atoms with E-state index in [-0.39, 0.29) is 5.91 Å². The first-order valence-electron chi connectivity index (χ1n) is 7.98. The van der Waals surface area contributed by atoms with E-state index in [4.69, 9.17) is 11.6 Å². The summed E-state index contributed by atoms with van der Waals surface area (Å²) >= 11 is 6.20. The van der Waals surface area contributed by atoms with E-state index in [0.29, 0.717) is 10.6 Å². The number of carbonyl (C=O) groups is 1. The quantitative estimate of drug-likeness (QED) is 0.922. The summed E-state index contributed by atoms with van der Waals surface area (Å²) in [6, 6.07) is 15.0. The zero-order valence-electron chi connectivity index (χ0n) is 12.9. The van der Waals surface area contributed by atoms with Gasteiger partial charge >= 0.3 is 0 Å². The first-order chi connectivity index (χ1) is 11.2. The number of hydrogen-bond acceptors (Lipinski definition) is 2. The Morgan fingerprint density at radius 2 is 1.65 bits per heavy atom. The van der Waals surface area contributed by atoms with Gasteiger partial charge in [0.05, 0.1) is 0 Å². The molecule has 1 aliphatic rings. The Kier molecular flexibility index (Phi) is 4.99. The molecular weight excluding hydrogens is 310 g/mol. The molecule has 3 rings (SSSR count). The molecule has 1 amide bonds. The number of aliphatic hydroxyl groups excluding tert-OH is 1. The third kappa shape index (κ3) is 3.57. The minimum absolute atomic E-state index is 0.199. The van der Waals surface area contributed by atoms with Crippen LogP contribution in [0.4, 0.5) is 0 Å². The van der Waals surface area contributed by atoms with E-state index in [9.17, 15) is 9.90 Å². The Balaban J connectivity index is 1.76. The van der Waals surface area contributed by atoms with Crippen LogP contribution in [0.25, 0.3) is 11.1 Å². The van der Waals surface area contributed by atoms with Crippen LogP contribution in [0.3, 0.4) is 0 Å². The molecule has 0 radical (unpaired) electrons. The van der Waals surface area contributed by atoms with E-state index in [1.54, 1.807) is 17.0 Å². The lowest BCUT2D eigenvalue weighted by atomic mass is 10.0. The molecule has 0 aromatic heterocycles. The van der Waals surface area contributed by atoms with Gasteiger partial charge in [-0.2, -0.15) is 0 Å². The molecule has 1 aliphatic heterocycles. The van der Waals surface area contributed by atoms with Crippen LogP contribution in [0.5, 0.6) is 0 Å². The fourth-order valence-corrected chi connectivity index (χ4v) is 3.21. The number of carbonyl (C=O) groups excluding carboxylic acids is 1. The van der Waals surface area contributed by atoms with Crippen LogP contribution in [0.15, 0.2) is 48.5 Å². The molecular formula is C19H20ClNO2. The van der Waals surface area contributed by atoms with Crippen molar-refractivity contribution in [1.29, 1.82) is 0 Å². The molecule has 2 aromatic rings. The minimum Gasteiger partial charge on any atom is -0.378 e. The van der Waals surface area contributed by atoms with Crippen LogP contribution < -0.4 is 0 Å². The summed E-state index contributed by atoms with van der Waals surface area (Å²) in [5, 5.41) is 11.0. The number of nitrogens with zero attached hydrogens (tertiary/aromatic N) is 1. The number of aliphatic hydroxyl groups is 1. The Bertz CT molecular complexity index is 678. The molecule has 2 aromatic carbocycles. The Morgan fingerprint density at radius 1 is 1.00 bits per heavy atom. The molecule has 120 valence electrons. The van der Waals surface area contributed by atoms with Gasteiger partial charge in [-0.1, -0.05) is 54.1 Å².